The lowest BCUT2D eigenvalue weighted by molar-refractivity contribution is 0.240. The van der Waals surface area contributed by atoms with Gasteiger partial charge in [0.25, 0.3) is 0 Å². The highest BCUT2D eigenvalue weighted by Gasteiger charge is 2.05. The van der Waals surface area contributed by atoms with Gasteiger partial charge in [-0.2, -0.15) is 0 Å². The molecular formula is C16H17BrFNO. The van der Waals surface area contributed by atoms with Crippen LogP contribution in [0.2, 0.25) is 0 Å². The molecular weight excluding hydrogens is 321 g/mol. The van der Waals surface area contributed by atoms with Crippen molar-refractivity contribution in [2.24, 2.45) is 0 Å². The standard InChI is InChI=1S/C16H17BrFNO/c1-11(2)20-16-6-4-3-5-12(16)10-19-13-7-8-14(17)15(18)9-13/h3-9,11,19H,10H2,1-2H3. The normalized spacial score (nSPS) is 10.7. The lowest BCUT2D eigenvalue weighted by Crippen LogP contribution is -2.09. The van der Waals surface area contributed by atoms with Crippen LogP contribution in [0.1, 0.15) is 19.4 Å². The highest BCUT2D eigenvalue weighted by molar-refractivity contribution is 9.10. The van der Waals surface area contributed by atoms with E-state index in [0.717, 1.165) is 17.0 Å². The van der Waals surface area contributed by atoms with Gasteiger partial charge in [0, 0.05) is 17.8 Å². The number of ether oxygens (including phenoxy) is 1. The smallest absolute Gasteiger partial charge is 0.139 e. The van der Waals surface area contributed by atoms with E-state index >= 15 is 0 Å². The highest BCUT2D eigenvalue weighted by Crippen LogP contribution is 2.23. The molecule has 0 unspecified atom stereocenters. The van der Waals surface area contributed by atoms with Gasteiger partial charge in [-0.15, -0.1) is 0 Å². The van der Waals surface area contributed by atoms with Crippen molar-refractivity contribution in [3.63, 3.8) is 0 Å². The second-order valence-electron chi connectivity index (χ2n) is 4.76. The van der Waals surface area contributed by atoms with Crippen molar-refractivity contribution < 1.29 is 9.13 Å². The summed E-state index contributed by atoms with van der Waals surface area (Å²) in [5.41, 5.74) is 1.79. The van der Waals surface area contributed by atoms with Crippen LogP contribution in [0.4, 0.5) is 10.1 Å². The number of hydrogen-bond donors (Lipinski definition) is 1. The number of benzene rings is 2. The molecule has 0 bridgehead atoms. The third-order valence-electron chi connectivity index (χ3n) is 2.74. The van der Waals surface area contributed by atoms with Gasteiger partial charge in [-0.3, -0.25) is 0 Å². The van der Waals surface area contributed by atoms with E-state index in [1.807, 2.05) is 44.2 Å². The molecule has 0 aliphatic carbocycles. The Kier molecular flexibility index (Phi) is 5.01. The van der Waals surface area contributed by atoms with Crippen LogP contribution in [0.25, 0.3) is 0 Å². The van der Waals surface area contributed by atoms with Crippen LogP contribution >= 0.6 is 15.9 Å². The lowest BCUT2D eigenvalue weighted by Gasteiger charge is -2.15. The van der Waals surface area contributed by atoms with E-state index in [1.54, 1.807) is 6.07 Å². The van der Waals surface area contributed by atoms with Crippen LogP contribution in [-0.2, 0) is 6.54 Å². The number of para-hydroxylation sites is 1. The van der Waals surface area contributed by atoms with Crippen molar-refractivity contribution in [1.82, 2.24) is 0 Å². The van der Waals surface area contributed by atoms with E-state index in [0.29, 0.717) is 11.0 Å². The van der Waals surface area contributed by atoms with Gasteiger partial charge in [0.05, 0.1) is 10.6 Å². The van der Waals surface area contributed by atoms with E-state index in [-0.39, 0.29) is 11.9 Å². The van der Waals surface area contributed by atoms with Crippen LogP contribution < -0.4 is 10.1 Å². The van der Waals surface area contributed by atoms with Gasteiger partial charge < -0.3 is 10.1 Å². The first kappa shape index (κ1) is 14.9. The van der Waals surface area contributed by atoms with Gasteiger partial charge in [0.15, 0.2) is 0 Å². The molecule has 0 atom stereocenters. The van der Waals surface area contributed by atoms with Crippen LogP contribution in [0, 0.1) is 5.82 Å². The molecule has 0 aromatic heterocycles. The van der Waals surface area contributed by atoms with E-state index in [2.05, 4.69) is 21.2 Å². The number of anilines is 1. The quantitative estimate of drug-likeness (QED) is 0.829. The van der Waals surface area contributed by atoms with E-state index in [9.17, 15) is 4.39 Å². The van der Waals surface area contributed by atoms with Gasteiger partial charge in [0.2, 0.25) is 0 Å². The zero-order chi connectivity index (χ0) is 14.5. The zero-order valence-corrected chi connectivity index (χ0v) is 13.1. The summed E-state index contributed by atoms with van der Waals surface area (Å²) in [5.74, 6) is 0.578. The van der Waals surface area contributed by atoms with E-state index < -0.39 is 0 Å². The summed E-state index contributed by atoms with van der Waals surface area (Å²) >= 11 is 3.14. The Morgan fingerprint density at radius 3 is 2.65 bits per heavy atom. The first-order chi connectivity index (χ1) is 9.56. The topological polar surface area (TPSA) is 21.3 Å². The van der Waals surface area contributed by atoms with Gasteiger partial charge >= 0.3 is 0 Å². The molecule has 0 radical (unpaired) electrons. The van der Waals surface area contributed by atoms with Crippen molar-refractivity contribution in [1.29, 1.82) is 0 Å². The fourth-order valence-electron chi connectivity index (χ4n) is 1.82. The third-order valence-corrected chi connectivity index (χ3v) is 3.38. The molecule has 0 heterocycles. The minimum atomic E-state index is -0.276. The molecule has 2 nitrogen and oxygen atoms in total. The molecule has 2 rings (SSSR count). The fourth-order valence-corrected chi connectivity index (χ4v) is 2.07. The first-order valence-corrected chi connectivity index (χ1v) is 7.29. The first-order valence-electron chi connectivity index (χ1n) is 6.49. The van der Waals surface area contributed by atoms with Crippen molar-refractivity contribution in [2.45, 2.75) is 26.5 Å². The van der Waals surface area contributed by atoms with Gasteiger partial charge in [-0.25, -0.2) is 4.39 Å². The Bertz CT molecular complexity index is 586. The van der Waals surface area contributed by atoms with E-state index in [4.69, 9.17) is 4.74 Å². The molecule has 0 amide bonds. The van der Waals surface area contributed by atoms with Crippen LogP contribution in [0.15, 0.2) is 46.9 Å². The Labute approximate surface area is 127 Å². The Hall–Kier alpha value is -1.55. The summed E-state index contributed by atoms with van der Waals surface area (Å²) in [5, 5.41) is 3.20. The molecule has 0 saturated heterocycles. The predicted molar refractivity (Wildman–Crippen MR) is 83.6 cm³/mol. The Morgan fingerprint density at radius 2 is 1.95 bits per heavy atom. The summed E-state index contributed by atoms with van der Waals surface area (Å²) in [6.07, 6.45) is 0.126. The van der Waals surface area contributed by atoms with Crippen molar-refractivity contribution >= 4 is 21.6 Å². The van der Waals surface area contributed by atoms with Crippen LogP contribution in [-0.4, -0.2) is 6.10 Å². The summed E-state index contributed by atoms with van der Waals surface area (Å²) in [6.45, 7) is 4.58. The molecule has 0 fully saturated rings. The maximum Gasteiger partial charge on any atom is 0.139 e. The van der Waals surface area contributed by atoms with Gasteiger partial charge in [-0.05, 0) is 54.0 Å². The second kappa shape index (κ2) is 6.75. The van der Waals surface area contributed by atoms with Gasteiger partial charge in [-0.1, -0.05) is 18.2 Å². The van der Waals surface area contributed by atoms with Crippen molar-refractivity contribution in [3.8, 4) is 5.75 Å². The monoisotopic (exact) mass is 337 g/mol. The number of rotatable bonds is 5. The van der Waals surface area contributed by atoms with Crippen molar-refractivity contribution in [2.75, 3.05) is 5.32 Å². The predicted octanol–water partition coefficient (Wildman–Crippen LogP) is 4.99. The molecule has 2 aromatic rings. The molecule has 2 aromatic carbocycles. The molecule has 4 heteroatoms. The molecule has 0 spiro atoms. The molecule has 0 aliphatic heterocycles. The largest absolute Gasteiger partial charge is 0.491 e. The molecule has 0 saturated carbocycles. The maximum absolute atomic E-state index is 13.4. The lowest BCUT2D eigenvalue weighted by atomic mass is 10.2. The Balaban J connectivity index is 2.08. The van der Waals surface area contributed by atoms with Gasteiger partial charge in [0.1, 0.15) is 11.6 Å². The molecule has 106 valence electrons. The average molecular weight is 338 g/mol. The zero-order valence-electron chi connectivity index (χ0n) is 11.5. The summed E-state index contributed by atoms with van der Waals surface area (Å²) < 4.78 is 19.7. The van der Waals surface area contributed by atoms with E-state index in [1.165, 1.54) is 6.07 Å². The minimum Gasteiger partial charge on any atom is -0.491 e. The summed E-state index contributed by atoms with van der Waals surface area (Å²) in [4.78, 5) is 0. The second-order valence-corrected chi connectivity index (χ2v) is 5.61. The Morgan fingerprint density at radius 1 is 1.20 bits per heavy atom. The maximum atomic E-state index is 13.4. The van der Waals surface area contributed by atoms with Crippen LogP contribution in [0.3, 0.4) is 0 Å². The molecule has 20 heavy (non-hydrogen) atoms. The van der Waals surface area contributed by atoms with Crippen molar-refractivity contribution in [3.05, 3.63) is 58.3 Å². The number of hydrogen-bond acceptors (Lipinski definition) is 2. The van der Waals surface area contributed by atoms with Crippen LogP contribution in [0.5, 0.6) is 5.75 Å². The number of nitrogens with one attached hydrogen (secondary N) is 1. The summed E-state index contributed by atoms with van der Waals surface area (Å²) in [7, 11) is 0. The number of halogens is 2. The molecule has 1 N–H and O–H groups in total. The SMILES string of the molecule is CC(C)Oc1ccccc1CNc1ccc(Br)c(F)c1. The fraction of sp³-hybridized carbons (Fsp3) is 0.250. The third kappa shape index (κ3) is 3.97. The minimum absolute atomic E-state index is 0.126. The molecule has 0 aliphatic rings. The average Bonchev–Trinajstić information content (AvgIpc) is 2.41. The summed E-state index contributed by atoms with van der Waals surface area (Å²) in [6, 6.07) is 12.8. The highest BCUT2D eigenvalue weighted by atomic mass is 79.9.